The second-order valence-electron chi connectivity index (χ2n) is 10.1. The predicted octanol–water partition coefficient (Wildman–Crippen LogP) is 2.46. The number of aromatic nitrogens is 2. The monoisotopic (exact) mass is 416 g/mol. The number of nitrogens with zero attached hydrogens (tertiary/aromatic N) is 5. The maximum Gasteiger partial charge on any atom is 0.154 e. The van der Waals surface area contributed by atoms with E-state index < -0.39 is 6.04 Å². The lowest BCUT2D eigenvalue weighted by Crippen LogP contribution is -2.35. The van der Waals surface area contributed by atoms with Gasteiger partial charge in [0.1, 0.15) is 23.4 Å². The number of rotatable bonds is 7. The Morgan fingerprint density at radius 1 is 1.17 bits per heavy atom. The summed E-state index contributed by atoms with van der Waals surface area (Å²) in [6, 6.07) is -0.460. The molecule has 0 bridgehead atoms. The van der Waals surface area contributed by atoms with Crippen LogP contribution in [0.4, 0.5) is 0 Å². The van der Waals surface area contributed by atoms with Gasteiger partial charge in [0, 0.05) is 26.1 Å². The van der Waals surface area contributed by atoms with E-state index >= 15 is 0 Å². The van der Waals surface area contributed by atoms with E-state index in [1.807, 2.05) is 20.8 Å². The van der Waals surface area contributed by atoms with E-state index in [0.717, 1.165) is 56.2 Å². The quantitative estimate of drug-likeness (QED) is 0.546. The first-order chi connectivity index (χ1) is 14.2. The normalized spacial score (nSPS) is 20.2. The number of piperidine rings is 1. The van der Waals surface area contributed by atoms with Crippen LogP contribution in [0.3, 0.4) is 0 Å². The Hall–Kier alpha value is -1.73. The van der Waals surface area contributed by atoms with Crippen LogP contribution in [-0.4, -0.2) is 70.2 Å². The molecule has 1 aromatic heterocycles. The highest BCUT2D eigenvalue weighted by atomic mass is 16.1. The molecule has 0 radical (unpaired) electrons. The lowest BCUT2D eigenvalue weighted by atomic mass is 9.85. The van der Waals surface area contributed by atoms with E-state index in [1.165, 1.54) is 32.4 Å². The summed E-state index contributed by atoms with van der Waals surface area (Å²) in [7, 11) is 2.12. The van der Waals surface area contributed by atoms with Crippen molar-refractivity contribution in [1.29, 1.82) is 0 Å². The molecule has 7 nitrogen and oxygen atoms in total. The molecule has 7 heteroatoms. The van der Waals surface area contributed by atoms with Gasteiger partial charge in [-0.05, 0) is 58.3 Å². The third-order valence-electron chi connectivity index (χ3n) is 6.32. The van der Waals surface area contributed by atoms with Gasteiger partial charge in [0.25, 0.3) is 0 Å². The summed E-state index contributed by atoms with van der Waals surface area (Å²) in [6.45, 7) is 14.0. The molecule has 0 aliphatic carbocycles. The summed E-state index contributed by atoms with van der Waals surface area (Å²) < 4.78 is 2.34. The molecule has 0 amide bonds. The van der Waals surface area contributed by atoms with Gasteiger partial charge in [-0.15, -0.1) is 0 Å². The highest BCUT2D eigenvalue weighted by Gasteiger charge is 2.30. The molecule has 0 unspecified atom stereocenters. The number of carbonyl (C=O) groups excluding carboxylic acids is 1. The minimum absolute atomic E-state index is 0.0393. The summed E-state index contributed by atoms with van der Waals surface area (Å²) in [4.78, 5) is 26.7. The molecule has 2 aliphatic heterocycles. The van der Waals surface area contributed by atoms with Crippen molar-refractivity contribution in [2.45, 2.75) is 78.9 Å². The van der Waals surface area contributed by atoms with E-state index in [1.54, 1.807) is 6.92 Å². The smallest absolute Gasteiger partial charge is 0.154 e. The molecule has 0 saturated carbocycles. The van der Waals surface area contributed by atoms with E-state index in [2.05, 4.69) is 26.4 Å². The number of aliphatic imine (C=N–C) groups is 1. The largest absolute Gasteiger partial charge is 0.382 e. The van der Waals surface area contributed by atoms with Crippen molar-refractivity contribution in [3.8, 4) is 0 Å². The lowest BCUT2D eigenvalue weighted by molar-refractivity contribution is -0.120. The average Bonchev–Trinajstić information content (AvgIpc) is 3.03. The number of nitrogens with two attached hydrogens (primary N) is 1. The second-order valence-corrected chi connectivity index (χ2v) is 10.1. The van der Waals surface area contributed by atoms with E-state index in [0.29, 0.717) is 5.84 Å². The van der Waals surface area contributed by atoms with Gasteiger partial charge in [-0.1, -0.05) is 27.2 Å². The van der Waals surface area contributed by atoms with Crippen molar-refractivity contribution < 1.29 is 4.79 Å². The number of Topliss-reactive ketones (excluding diaryl/α,β-unsaturated/α-hetero) is 1. The van der Waals surface area contributed by atoms with Gasteiger partial charge in [-0.2, -0.15) is 0 Å². The van der Waals surface area contributed by atoms with Crippen molar-refractivity contribution in [1.82, 2.24) is 19.4 Å². The number of aryl methyl sites for hydroxylation is 1. The molecule has 168 valence electrons. The van der Waals surface area contributed by atoms with Crippen molar-refractivity contribution in [2.24, 2.45) is 16.1 Å². The summed E-state index contributed by atoms with van der Waals surface area (Å²) in [5.41, 5.74) is 8.08. The Kier molecular flexibility index (Phi) is 7.34. The topological polar surface area (TPSA) is 79.7 Å². The molecule has 1 fully saturated rings. The number of imidazole rings is 1. The SMILES string of the molecule is CC(=O)[C@@H](N=C(N)c1nc(CCCN2CCCCC2)n2c1CN(C)CC2)C(C)(C)C. The maximum atomic E-state index is 12.2. The first-order valence-corrected chi connectivity index (χ1v) is 11.5. The molecule has 1 aromatic rings. The molecule has 3 heterocycles. The van der Waals surface area contributed by atoms with Gasteiger partial charge in [-0.25, -0.2) is 4.98 Å². The summed E-state index contributed by atoms with van der Waals surface area (Å²) in [5.74, 6) is 1.54. The summed E-state index contributed by atoms with van der Waals surface area (Å²) in [6.07, 6.45) is 6.09. The summed E-state index contributed by atoms with van der Waals surface area (Å²) >= 11 is 0. The number of amidine groups is 1. The van der Waals surface area contributed by atoms with Crippen molar-refractivity contribution in [2.75, 3.05) is 33.2 Å². The highest BCUT2D eigenvalue weighted by molar-refractivity contribution is 5.99. The first-order valence-electron chi connectivity index (χ1n) is 11.5. The van der Waals surface area contributed by atoms with Gasteiger partial charge in [0.15, 0.2) is 5.78 Å². The molecule has 2 N–H and O–H groups in total. The van der Waals surface area contributed by atoms with Gasteiger partial charge in [0.2, 0.25) is 0 Å². The van der Waals surface area contributed by atoms with Crippen LogP contribution in [0.1, 0.15) is 70.6 Å². The van der Waals surface area contributed by atoms with Gasteiger partial charge >= 0.3 is 0 Å². The Labute approximate surface area is 181 Å². The molecule has 1 atom stereocenters. The van der Waals surface area contributed by atoms with Crippen LogP contribution in [0.5, 0.6) is 0 Å². The van der Waals surface area contributed by atoms with Crippen LogP contribution in [0.25, 0.3) is 0 Å². The predicted molar refractivity (Wildman–Crippen MR) is 122 cm³/mol. The van der Waals surface area contributed by atoms with Crippen molar-refractivity contribution in [3.05, 3.63) is 17.2 Å². The molecule has 2 aliphatic rings. The number of hydrogen-bond donors (Lipinski definition) is 1. The van der Waals surface area contributed by atoms with Gasteiger partial charge < -0.3 is 15.2 Å². The first kappa shape index (κ1) is 22.9. The van der Waals surface area contributed by atoms with Gasteiger partial charge in [0.05, 0.1) is 5.69 Å². The van der Waals surface area contributed by atoms with E-state index in [-0.39, 0.29) is 11.2 Å². The fraction of sp³-hybridized carbons (Fsp3) is 0.783. The number of likely N-dealkylation sites (tertiary alicyclic amines) is 1. The van der Waals surface area contributed by atoms with Crippen LogP contribution >= 0.6 is 0 Å². The van der Waals surface area contributed by atoms with Crippen LogP contribution in [0.15, 0.2) is 4.99 Å². The number of carbonyl (C=O) groups is 1. The Balaban J connectivity index is 1.81. The number of hydrogen-bond acceptors (Lipinski definition) is 5. The second kappa shape index (κ2) is 9.60. The maximum absolute atomic E-state index is 12.2. The van der Waals surface area contributed by atoms with Crippen LogP contribution in [-0.2, 0) is 24.3 Å². The zero-order valence-corrected chi connectivity index (χ0v) is 19.6. The zero-order chi connectivity index (χ0) is 21.9. The van der Waals surface area contributed by atoms with Crippen LogP contribution < -0.4 is 5.73 Å². The van der Waals surface area contributed by atoms with E-state index in [4.69, 9.17) is 10.7 Å². The highest BCUT2D eigenvalue weighted by Crippen LogP contribution is 2.25. The Bertz CT molecular complexity index is 769. The number of fused-ring (bicyclic) bond motifs is 1. The van der Waals surface area contributed by atoms with Crippen LogP contribution in [0, 0.1) is 5.41 Å². The van der Waals surface area contributed by atoms with Crippen LogP contribution in [0.2, 0.25) is 0 Å². The molecule has 0 aromatic carbocycles. The standard InChI is InChI=1S/C23H40N6O/c1-17(30)21(23(2,3)4)26-22(24)20-18-16-27(5)14-15-29(18)19(25-20)10-9-13-28-11-7-6-8-12-28/h21H,6-16H2,1-5H3,(H2,24,26)/t21-/m1/s1. The van der Waals surface area contributed by atoms with Gasteiger partial charge in [-0.3, -0.25) is 14.7 Å². The fourth-order valence-electron chi connectivity index (χ4n) is 4.70. The fourth-order valence-corrected chi connectivity index (χ4v) is 4.70. The molecular formula is C23H40N6O. The lowest BCUT2D eigenvalue weighted by Gasteiger charge is -2.27. The number of ketones is 1. The van der Waals surface area contributed by atoms with Crippen molar-refractivity contribution >= 4 is 11.6 Å². The van der Waals surface area contributed by atoms with Crippen molar-refractivity contribution in [3.63, 3.8) is 0 Å². The molecule has 30 heavy (non-hydrogen) atoms. The Morgan fingerprint density at radius 3 is 2.50 bits per heavy atom. The minimum atomic E-state index is -0.460. The van der Waals surface area contributed by atoms with E-state index in [9.17, 15) is 4.79 Å². The third kappa shape index (κ3) is 5.49. The molecule has 0 spiro atoms. The molecular weight excluding hydrogens is 376 g/mol. The summed E-state index contributed by atoms with van der Waals surface area (Å²) in [5, 5.41) is 0. The molecule has 1 saturated heterocycles. The molecule has 3 rings (SSSR count). The third-order valence-corrected chi connectivity index (χ3v) is 6.32. The number of likely N-dealkylation sites (N-methyl/N-ethyl adjacent to an activating group) is 1. The Morgan fingerprint density at radius 2 is 1.87 bits per heavy atom. The average molecular weight is 417 g/mol. The minimum Gasteiger partial charge on any atom is -0.382 e. The zero-order valence-electron chi connectivity index (χ0n) is 19.6.